The Hall–Kier alpha value is -1.69. The lowest BCUT2D eigenvalue weighted by molar-refractivity contribution is -0.118. The first-order chi connectivity index (χ1) is 10.5. The molecule has 0 radical (unpaired) electrons. The number of nitrogens with one attached hydrogen (secondary N) is 1. The molecule has 2 amide bonds. The Morgan fingerprint density at radius 3 is 2.23 bits per heavy atom. The maximum atomic E-state index is 12.1. The number of carbonyl (C=O) groups is 2. The number of carbonyl (C=O) groups excluding carboxylic acids is 2. The van der Waals surface area contributed by atoms with Crippen LogP contribution in [-0.4, -0.2) is 31.4 Å². The van der Waals surface area contributed by atoms with Crippen molar-refractivity contribution in [2.75, 3.05) is 19.4 Å². The van der Waals surface area contributed by atoms with Crippen molar-refractivity contribution in [3.8, 4) is 0 Å². The molecule has 0 aromatic heterocycles. The van der Waals surface area contributed by atoms with Crippen molar-refractivity contribution in [2.45, 2.75) is 20.5 Å². The van der Waals surface area contributed by atoms with E-state index in [4.69, 9.17) is 13.8 Å². The van der Waals surface area contributed by atoms with Crippen LogP contribution in [-0.2, 0) is 29.8 Å². The molecule has 0 aliphatic rings. The normalized spacial score (nSPS) is 11.0. The Bertz CT molecular complexity index is 523. The van der Waals surface area contributed by atoms with E-state index in [0.717, 1.165) is 5.56 Å². The number of rotatable bonds is 8. The van der Waals surface area contributed by atoms with Gasteiger partial charge in [0.1, 0.15) is 12.8 Å². The second-order valence-electron chi connectivity index (χ2n) is 4.21. The third-order valence-corrected chi connectivity index (χ3v) is 4.42. The predicted molar refractivity (Wildman–Crippen MR) is 80.5 cm³/mol. The Balaban J connectivity index is 2.43. The SMILES string of the molecule is CCOP(=O)(CC(=O)NC(=O)OCc1ccccc1)OCC. The molecule has 22 heavy (non-hydrogen) atoms. The van der Waals surface area contributed by atoms with Crippen LogP contribution in [0.4, 0.5) is 4.79 Å². The van der Waals surface area contributed by atoms with Crippen LogP contribution < -0.4 is 5.32 Å². The van der Waals surface area contributed by atoms with E-state index in [2.05, 4.69) is 0 Å². The van der Waals surface area contributed by atoms with E-state index in [1.165, 1.54) is 0 Å². The van der Waals surface area contributed by atoms with E-state index in [9.17, 15) is 14.2 Å². The number of hydrogen-bond acceptors (Lipinski definition) is 6. The van der Waals surface area contributed by atoms with E-state index >= 15 is 0 Å². The quantitative estimate of drug-likeness (QED) is 0.737. The van der Waals surface area contributed by atoms with Crippen molar-refractivity contribution < 1.29 is 27.9 Å². The molecule has 1 aromatic rings. The summed E-state index contributed by atoms with van der Waals surface area (Å²) in [5.74, 6) is -0.775. The monoisotopic (exact) mass is 329 g/mol. The highest BCUT2D eigenvalue weighted by Crippen LogP contribution is 2.47. The number of imide groups is 1. The predicted octanol–water partition coefficient (Wildman–Crippen LogP) is 2.71. The van der Waals surface area contributed by atoms with Gasteiger partial charge in [0.05, 0.1) is 13.2 Å². The number of ether oxygens (including phenoxy) is 1. The summed E-state index contributed by atoms with van der Waals surface area (Å²) in [6, 6.07) is 9.03. The third-order valence-electron chi connectivity index (χ3n) is 2.44. The van der Waals surface area contributed by atoms with Gasteiger partial charge in [0.2, 0.25) is 5.91 Å². The molecular weight excluding hydrogens is 309 g/mol. The van der Waals surface area contributed by atoms with Crippen molar-refractivity contribution in [3.05, 3.63) is 35.9 Å². The van der Waals surface area contributed by atoms with Crippen LogP contribution in [0.5, 0.6) is 0 Å². The number of alkyl carbamates (subject to hydrolysis) is 1. The lowest BCUT2D eigenvalue weighted by Gasteiger charge is -2.16. The first-order valence-electron chi connectivity index (χ1n) is 6.87. The largest absolute Gasteiger partial charge is 0.444 e. The molecule has 1 rings (SSSR count). The van der Waals surface area contributed by atoms with Gasteiger partial charge in [0, 0.05) is 0 Å². The first-order valence-corrected chi connectivity index (χ1v) is 8.60. The van der Waals surface area contributed by atoms with Crippen LogP contribution in [0.3, 0.4) is 0 Å². The van der Waals surface area contributed by atoms with Gasteiger partial charge >= 0.3 is 13.7 Å². The smallest absolute Gasteiger partial charge is 0.414 e. The zero-order valence-electron chi connectivity index (χ0n) is 12.6. The summed E-state index contributed by atoms with van der Waals surface area (Å²) in [4.78, 5) is 23.2. The van der Waals surface area contributed by atoms with Crippen molar-refractivity contribution in [1.82, 2.24) is 5.32 Å². The van der Waals surface area contributed by atoms with Gasteiger partial charge in [-0.2, -0.15) is 0 Å². The van der Waals surface area contributed by atoms with E-state index < -0.39 is 25.8 Å². The minimum Gasteiger partial charge on any atom is -0.444 e. The number of amides is 2. The lowest BCUT2D eigenvalue weighted by Crippen LogP contribution is -2.33. The zero-order valence-corrected chi connectivity index (χ0v) is 13.5. The molecule has 0 fully saturated rings. The van der Waals surface area contributed by atoms with Crippen molar-refractivity contribution in [2.24, 2.45) is 0 Å². The van der Waals surface area contributed by atoms with Crippen LogP contribution in [0, 0.1) is 0 Å². The Morgan fingerprint density at radius 1 is 1.09 bits per heavy atom. The summed E-state index contributed by atoms with van der Waals surface area (Å²) < 4.78 is 27.0. The molecule has 0 unspecified atom stereocenters. The van der Waals surface area contributed by atoms with Crippen LogP contribution in [0.25, 0.3) is 0 Å². The molecule has 0 saturated carbocycles. The molecule has 1 N–H and O–H groups in total. The van der Waals surface area contributed by atoms with Crippen LogP contribution in [0.1, 0.15) is 19.4 Å². The van der Waals surface area contributed by atoms with Crippen LogP contribution in [0.15, 0.2) is 30.3 Å². The molecule has 1 aromatic carbocycles. The summed E-state index contributed by atoms with van der Waals surface area (Å²) in [7, 11) is -3.53. The van der Waals surface area contributed by atoms with Gasteiger partial charge in [-0.15, -0.1) is 0 Å². The summed E-state index contributed by atoms with van der Waals surface area (Å²) in [5, 5.41) is 1.99. The standard InChI is InChI=1S/C14H20NO6P/c1-3-20-22(18,21-4-2)11-13(16)15-14(17)19-10-12-8-6-5-7-9-12/h5-9H,3-4,10-11H2,1-2H3,(H,15,16,17). The average Bonchev–Trinajstić information content (AvgIpc) is 2.46. The zero-order chi connectivity index (χ0) is 16.4. The van der Waals surface area contributed by atoms with Gasteiger partial charge in [-0.25, -0.2) is 4.79 Å². The highest BCUT2D eigenvalue weighted by molar-refractivity contribution is 7.54. The fourth-order valence-electron chi connectivity index (χ4n) is 1.61. The maximum Gasteiger partial charge on any atom is 0.414 e. The Morgan fingerprint density at radius 2 is 1.68 bits per heavy atom. The first kappa shape index (κ1) is 18.4. The Kier molecular flexibility index (Phi) is 7.80. The molecule has 7 nitrogen and oxygen atoms in total. The second kappa shape index (κ2) is 9.35. The lowest BCUT2D eigenvalue weighted by atomic mass is 10.2. The van der Waals surface area contributed by atoms with E-state index in [1.54, 1.807) is 26.0 Å². The van der Waals surface area contributed by atoms with Gasteiger partial charge < -0.3 is 13.8 Å². The highest BCUT2D eigenvalue weighted by atomic mass is 31.2. The fraction of sp³-hybridized carbons (Fsp3) is 0.429. The molecule has 0 atom stereocenters. The second-order valence-corrected chi connectivity index (χ2v) is 6.27. The van der Waals surface area contributed by atoms with E-state index in [0.29, 0.717) is 0 Å². The highest BCUT2D eigenvalue weighted by Gasteiger charge is 2.28. The Labute approximate surface area is 129 Å². The molecule has 0 aliphatic heterocycles. The minimum absolute atomic E-state index is 0.0362. The average molecular weight is 329 g/mol. The number of hydrogen-bond donors (Lipinski definition) is 1. The van der Waals surface area contributed by atoms with Gasteiger partial charge in [0.25, 0.3) is 0 Å². The fourth-order valence-corrected chi connectivity index (χ4v) is 3.09. The van der Waals surface area contributed by atoms with Gasteiger partial charge in [-0.05, 0) is 19.4 Å². The molecule has 0 heterocycles. The van der Waals surface area contributed by atoms with Crippen molar-refractivity contribution >= 4 is 19.6 Å². The molecule has 8 heteroatoms. The van der Waals surface area contributed by atoms with E-state index in [-0.39, 0.29) is 19.8 Å². The third kappa shape index (κ3) is 6.85. The van der Waals surface area contributed by atoms with Gasteiger partial charge in [0.15, 0.2) is 0 Å². The van der Waals surface area contributed by atoms with E-state index in [1.807, 2.05) is 23.5 Å². The number of benzene rings is 1. The molecule has 122 valence electrons. The molecule has 0 bridgehead atoms. The van der Waals surface area contributed by atoms with Crippen molar-refractivity contribution in [3.63, 3.8) is 0 Å². The van der Waals surface area contributed by atoms with Crippen molar-refractivity contribution in [1.29, 1.82) is 0 Å². The van der Waals surface area contributed by atoms with Crippen LogP contribution >= 0.6 is 7.60 Å². The minimum atomic E-state index is -3.53. The molecule has 0 spiro atoms. The summed E-state index contributed by atoms with van der Waals surface area (Å²) in [5.41, 5.74) is 0.791. The van der Waals surface area contributed by atoms with Gasteiger partial charge in [-0.1, -0.05) is 30.3 Å². The molecule has 0 saturated heterocycles. The topological polar surface area (TPSA) is 90.9 Å². The summed E-state index contributed by atoms with van der Waals surface area (Å²) in [6.45, 7) is 3.59. The maximum absolute atomic E-state index is 12.1. The van der Waals surface area contributed by atoms with Crippen LogP contribution in [0.2, 0.25) is 0 Å². The molecule has 0 aliphatic carbocycles. The summed E-state index contributed by atoms with van der Waals surface area (Å²) in [6.07, 6.45) is -1.44. The summed E-state index contributed by atoms with van der Waals surface area (Å²) >= 11 is 0. The molecular formula is C14H20NO6P. The van der Waals surface area contributed by atoms with Gasteiger partial charge in [-0.3, -0.25) is 14.7 Å².